The van der Waals surface area contributed by atoms with Gasteiger partial charge in [-0.3, -0.25) is 4.79 Å². The van der Waals surface area contributed by atoms with Crippen LogP contribution in [0.5, 0.6) is 5.75 Å². The maximum absolute atomic E-state index is 12.5. The Balaban J connectivity index is 1.23. The fourth-order valence-corrected chi connectivity index (χ4v) is 4.47. The van der Waals surface area contributed by atoms with Gasteiger partial charge < -0.3 is 14.6 Å². The van der Waals surface area contributed by atoms with Crippen molar-refractivity contribution < 1.29 is 9.53 Å². The second kappa shape index (κ2) is 10.4. The van der Waals surface area contributed by atoms with E-state index in [1.807, 2.05) is 73.7 Å². The van der Waals surface area contributed by atoms with E-state index in [1.165, 1.54) is 5.39 Å². The van der Waals surface area contributed by atoms with Crippen LogP contribution in [-0.2, 0) is 13.0 Å². The molecule has 176 valence electrons. The van der Waals surface area contributed by atoms with Crippen molar-refractivity contribution in [2.45, 2.75) is 26.3 Å². The van der Waals surface area contributed by atoms with Crippen molar-refractivity contribution in [3.63, 3.8) is 0 Å². The van der Waals surface area contributed by atoms with Crippen molar-refractivity contribution in [2.24, 2.45) is 0 Å². The Labute approximate surface area is 205 Å². The molecule has 0 atom stereocenters. The first-order chi connectivity index (χ1) is 17.2. The first-order valence-electron chi connectivity index (χ1n) is 12.1. The first-order valence-corrected chi connectivity index (χ1v) is 12.1. The van der Waals surface area contributed by atoms with Crippen molar-refractivity contribution in [1.82, 2.24) is 14.9 Å². The topological polar surface area (TPSA) is 56.2 Å². The monoisotopic (exact) mass is 463 g/mol. The molecule has 5 heteroatoms. The zero-order valence-corrected chi connectivity index (χ0v) is 19.9. The normalized spacial score (nSPS) is 11.1. The molecule has 0 saturated heterocycles. The lowest BCUT2D eigenvalue weighted by Gasteiger charge is -2.12. The second-order valence-corrected chi connectivity index (χ2v) is 8.72. The summed E-state index contributed by atoms with van der Waals surface area (Å²) in [5.41, 5.74) is 3.84. The van der Waals surface area contributed by atoms with Crippen LogP contribution in [0.4, 0.5) is 0 Å². The second-order valence-electron chi connectivity index (χ2n) is 8.72. The van der Waals surface area contributed by atoms with Gasteiger partial charge in [0.1, 0.15) is 11.6 Å². The van der Waals surface area contributed by atoms with Crippen LogP contribution in [0.15, 0.2) is 91.0 Å². The summed E-state index contributed by atoms with van der Waals surface area (Å²) < 4.78 is 8.40. The lowest BCUT2D eigenvalue weighted by molar-refractivity contribution is 0.0954. The van der Waals surface area contributed by atoms with Gasteiger partial charge >= 0.3 is 0 Å². The fourth-order valence-electron chi connectivity index (χ4n) is 4.47. The minimum Gasteiger partial charge on any atom is -0.493 e. The molecule has 1 N–H and O–H groups in total. The van der Waals surface area contributed by atoms with Gasteiger partial charge in [0.2, 0.25) is 0 Å². The van der Waals surface area contributed by atoms with Crippen molar-refractivity contribution in [2.75, 3.05) is 13.2 Å². The number of fused-ring (bicyclic) bond motifs is 2. The minimum atomic E-state index is -0.0557. The molecule has 35 heavy (non-hydrogen) atoms. The zero-order valence-electron chi connectivity index (χ0n) is 19.9. The van der Waals surface area contributed by atoms with Gasteiger partial charge in [-0.05, 0) is 49.1 Å². The summed E-state index contributed by atoms with van der Waals surface area (Å²) in [6.45, 7) is 3.93. The molecule has 5 rings (SSSR count). The standard InChI is InChI=1S/C30H29N3O2/c1-22-9-6-12-24(21-22)30(34)31-18-17-29-32-26-14-4-5-15-27(26)33(29)19-8-20-35-28-16-7-11-23-10-2-3-13-25(23)28/h2-7,9-16,21H,8,17-20H2,1H3,(H,31,34). The average Bonchev–Trinajstić information content (AvgIpc) is 3.24. The maximum atomic E-state index is 12.5. The van der Waals surface area contributed by atoms with Gasteiger partial charge in [0.05, 0.1) is 17.6 Å². The summed E-state index contributed by atoms with van der Waals surface area (Å²) in [6, 6.07) is 30.3. The number of para-hydroxylation sites is 2. The van der Waals surface area contributed by atoms with E-state index >= 15 is 0 Å². The number of nitrogens with one attached hydrogen (secondary N) is 1. The molecule has 0 spiro atoms. The summed E-state index contributed by atoms with van der Waals surface area (Å²) in [6.07, 6.45) is 1.52. The summed E-state index contributed by atoms with van der Waals surface area (Å²) in [5.74, 6) is 1.83. The van der Waals surface area contributed by atoms with Crippen LogP contribution < -0.4 is 10.1 Å². The number of aromatic nitrogens is 2. The number of carbonyl (C=O) groups excluding carboxylic acids is 1. The fraction of sp³-hybridized carbons (Fsp3) is 0.200. The van der Waals surface area contributed by atoms with Crippen LogP contribution in [0.2, 0.25) is 0 Å². The minimum absolute atomic E-state index is 0.0557. The highest BCUT2D eigenvalue weighted by Gasteiger charge is 2.12. The number of nitrogens with zero attached hydrogens (tertiary/aromatic N) is 2. The summed E-state index contributed by atoms with van der Waals surface area (Å²) in [5, 5.41) is 5.35. The smallest absolute Gasteiger partial charge is 0.251 e. The number of rotatable bonds is 9. The number of amides is 1. The number of benzene rings is 4. The van der Waals surface area contributed by atoms with Gasteiger partial charge in [-0.15, -0.1) is 0 Å². The molecule has 0 fully saturated rings. The number of hydrogen-bond acceptors (Lipinski definition) is 3. The SMILES string of the molecule is Cc1cccc(C(=O)NCCc2nc3ccccc3n2CCCOc2cccc3ccccc23)c1. The van der Waals surface area contributed by atoms with Gasteiger partial charge in [0.25, 0.3) is 5.91 Å². The van der Waals surface area contributed by atoms with E-state index in [9.17, 15) is 4.79 Å². The van der Waals surface area contributed by atoms with E-state index in [0.29, 0.717) is 25.1 Å². The number of hydrogen-bond donors (Lipinski definition) is 1. The predicted molar refractivity (Wildman–Crippen MR) is 141 cm³/mol. The molecule has 0 unspecified atom stereocenters. The quantitative estimate of drug-likeness (QED) is 0.275. The highest BCUT2D eigenvalue weighted by Crippen LogP contribution is 2.25. The van der Waals surface area contributed by atoms with Crippen LogP contribution in [-0.4, -0.2) is 28.6 Å². The number of aryl methyl sites for hydroxylation is 2. The Morgan fingerprint density at radius 3 is 2.66 bits per heavy atom. The Hall–Kier alpha value is -4.12. The zero-order chi connectivity index (χ0) is 24.0. The highest BCUT2D eigenvalue weighted by molar-refractivity contribution is 5.94. The van der Waals surface area contributed by atoms with E-state index in [2.05, 4.69) is 34.1 Å². The molecule has 5 nitrogen and oxygen atoms in total. The summed E-state index contributed by atoms with van der Waals surface area (Å²) in [7, 11) is 0. The Morgan fingerprint density at radius 2 is 1.74 bits per heavy atom. The van der Waals surface area contributed by atoms with E-state index < -0.39 is 0 Å². The molecule has 0 bridgehead atoms. The summed E-state index contributed by atoms with van der Waals surface area (Å²) in [4.78, 5) is 17.4. The van der Waals surface area contributed by atoms with E-state index in [1.54, 1.807) is 0 Å². The van der Waals surface area contributed by atoms with Crippen molar-refractivity contribution in [3.8, 4) is 5.75 Å². The molecule has 0 aliphatic heterocycles. The molecule has 1 amide bonds. The Bertz CT molecular complexity index is 1470. The maximum Gasteiger partial charge on any atom is 0.251 e. The van der Waals surface area contributed by atoms with Gasteiger partial charge in [0.15, 0.2) is 0 Å². The van der Waals surface area contributed by atoms with Crippen molar-refractivity contribution in [3.05, 3.63) is 108 Å². The van der Waals surface area contributed by atoms with Gasteiger partial charge in [0, 0.05) is 30.5 Å². The van der Waals surface area contributed by atoms with Crippen LogP contribution in [0.25, 0.3) is 21.8 Å². The first kappa shape index (κ1) is 22.7. The molecule has 0 aliphatic rings. The summed E-state index contributed by atoms with van der Waals surface area (Å²) >= 11 is 0. The average molecular weight is 464 g/mol. The van der Waals surface area contributed by atoms with Crippen LogP contribution in [0.3, 0.4) is 0 Å². The molecule has 0 saturated carbocycles. The van der Waals surface area contributed by atoms with E-state index in [4.69, 9.17) is 9.72 Å². The van der Waals surface area contributed by atoms with Gasteiger partial charge in [-0.25, -0.2) is 4.98 Å². The van der Waals surface area contributed by atoms with Gasteiger partial charge in [-0.2, -0.15) is 0 Å². The van der Waals surface area contributed by atoms with Crippen molar-refractivity contribution >= 4 is 27.7 Å². The molecule has 1 aromatic heterocycles. The molecule has 0 aliphatic carbocycles. The van der Waals surface area contributed by atoms with Crippen molar-refractivity contribution in [1.29, 1.82) is 0 Å². The highest BCUT2D eigenvalue weighted by atomic mass is 16.5. The van der Waals surface area contributed by atoms with Gasteiger partial charge in [-0.1, -0.05) is 66.2 Å². The third-order valence-corrected chi connectivity index (χ3v) is 6.18. The molecule has 1 heterocycles. The largest absolute Gasteiger partial charge is 0.493 e. The molecular formula is C30H29N3O2. The Kier molecular flexibility index (Phi) is 6.75. The third kappa shape index (κ3) is 5.19. The Morgan fingerprint density at radius 1 is 0.943 bits per heavy atom. The molecule has 4 aromatic carbocycles. The molecule has 0 radical (unpaired) electrons. The van der Waals surface area contributed by atoms with Crippen LogP contribution >= 0.6 is 0 Å². The number of ether oxygens (including phenoxy) is 1. The number of carbonyl (C=O) groups is 1. The number of imidazole rings is 1. The lowest BCUT2D eigenvalue weighted by Crippen LogP contribution is -2.26. The predicted octanol–water partition coefficient (Wildman–Crippen LogP) is 5.94. The van der Waals surface area contributed by atoms with Crippen LogP contribution in [0.1, 0.15) is 28.2 Å². The van der Waals surface area contributed by atoms with E-state index in [-0.39, 0.29) is 5.91 Å². The van der Waals surface area contributed by atoms with E-state index in [0.717, 1.165) is 46.5 Å². The van der Waals surface area contributed by atoms with Crippen LogP contribution in [0, 0.1) is 6.92 Å². The third-order valence-electron chi connectivity index (χ3n) is 6.18. The lowest BCUT2D eigenvalue weighted by atomic mass is 10.1. The molecule has 5 aromatic rings. The molecular weight excluding hydrogens is 434 g/mol.